The Morgan fingerprint density at radius 1 is 1.08 bits per heavy atom. The predicted molar refractivity (Wildman–Crippen MR) is 97.6 cm³/mol. The fourth-order valence-electron chi connectivity index (χ4n) is 2.16. The van der Waals surface area contributed by atoms with E-state index in [9.17, 15) is 4.79 Å². The van der Waals surface area contributed by atoms with Crippen LogP contribution in [0.5, 0.6) is 0 Å². The lowest BCUT2D eigenvalue weighted by atomic mass is 10.2. The topological polar surface area (TPSA) is 68.0 Å². The quantitative estimate of drug-likeness (QED) is 0.639. The summed E-state index contributed by atoms with van der Waals surface area (Å²) in [6.07, 6.45) is 0.579. The zero-order valence-electron chi connectivity index (χ0n) is 13.3. The molecule has 0 aliphatic rings. The van der Waals surface area contributed by atoms with Crippen molar-refractivity contribution in [3.05, 3.63) is 76.6 Å². The Bertz CT molecular complexity index is 839. The molecule has 1 amide bonds. The van der Waals surface area contributed by atoms with Crippen molar-refractivity contribution in [3.8, 4) is 0 Å². The number of halogens is 1. The van der Waals surface area contributed by atoms with Crippen LogP contribution in [0.4, 0.5) is 0 Å². The lowest BCUT2D eigenvalue weighted by molar-refractivity contribution is -0.118. The van der Waals surface area contributed by atoms with E-state index in [1.165, 1.54) is 11.8 Å². The number of nitrogens with one attached hydrogen (secondary N) is 1. The Balaban J connectivity index is 1.44. The van der Waals surface area contributed by atoms with Crippen LogP contribution in [0.2, 0.25) is 5.02 Å². The number of aromatic nitrogens is 2. The van der Waals surface area contributed by atoms with Crippen molar-refractivity contribution < 1.29 is 9.21 Å². The van der Waals surface area contributed by atoms with Gasteiger partial charge in [0, 0.05) is 11.6 Å². The first kappa shape index (κ1) is 17.5. The van der Waals surface area contributed by atoms with Crippen molar-refractivity contribution in [1.82, 2.24) is 15.5 Å². The molecule has 5 nitrogen and oxygen atoms in total. The molecular weight excluding hydrogens is 358 g/mol. The molecule has 0 radical (unpaired) electrons. The summed E-state index contributed by atoms with van der Waals surface area (Å²) < 4.78 is 5.56. The van der Waals surface area contributed by atoms with E-state index in [1.54, 1.807) is 6.07 Å². The van der Waals surface area contributed by atoms with E-state index in [0.717, 1.165) is 11.1 Å². The van der Waals surface area contributed by atoms with Gasteiger partial charge < -0.3 is 9.73 Å². The SMILES string of the molecule is O=C(CSc1nnc(Cc2ccccc2)o1)NCc1cccc(Cl)c1. The number of hydrogen-bond acceptors (Lipinski definition) is 5. The van der Waals surface area contributed by atoms with Gasteiger partial charge in [-0.15, -0.1) is 10.2 Å². The summed E-state index contributed by atoms with van der Waals surface area (Å²) in [6.45, 7) is 0.434. The number of thioether (sulfide) groups is 1. The summed E-state index contributed by atoms with van der Waals surface area (Å²) >= 11 is 7.14. The lowest BCUT2D eigenvalue weighted by Gasteiger charge is -2.04. The maximum absolute atomic E-state index is 11.9. The van der Waals surface area contributed by atoms with Crippen LogP contribution in [-0.2, 0) is 17.8 Å². The van der Waals surface area contributed by atoms with Gasteiger partial charge in [0.15, 0.2) is 0 Å². The van der Waals surface area contributed by atoms with E-state index in [1.807, 2.05) is 48.5 Å². The van der Waals surface area contributed by atoms with Crippen LogP contribution in [0.1, 0.15) is 17.0 Å². The van der Waals surface area contributed by atoms with Crippen LogP contribution in [0.15, 0.2) is 64.2 Å². The highest BCUT2D eigenvalue weighted by molar-refractivity contribution is 7.99. The van der Waals surface area contributed by atoms with Crippen molar-refractivity contribution in [2.24, 2.45) is 0 Å². The third-order valence-electron chi connectivity index (χ3n) is 3.35. The second kappa shape index (κ2) is 8.69. The van der Waals surface area contributed by atoms with Crippen molar-refractivity contribution in [1.29, 1.82) is 0 Å². The Morgan fingerprint density at radius 3 is 2.68 bits per heavy atom. The van der Waals surface area contributed by atoms with Crippen molar-refractivity contribution in [3.63, 3.8) is 0 Å². The van der Waals surface area contributed by atoms with Crippen molar-refractivity contribution in [2.45, 2.75) is 18.2 Å². The maximum atomic E-state index is 11.9. The highest BCUT2D eigenvalue weighted by Gasteiger charge is 2.10. The third kappa shape index (κ3) is 5.62. The average Bonchev–Trinajstić information content (AvgIpc) is 3.06. The molecule has 1 heterocycles. The van der Waals surface area contributed by atoms with Crippen molar-refractivity contribution >= 4 is 29.3 Å². The van der Waals surface area contributed by atoms with Gasteiger partial charge in [-0.05, 0) is 23.3 Å². The minimum absolute atomic E-state index is 0.104. The summed E-state index contributed by atoms with van der Waals surface area (Å²) in [4.78, 5) is 11.9. The predicted octanol–water partition coefficient (Wildman–Crippen LogP) is 3.72. The molecule has 1 N–H and O–H groups in total. The summed E-state index contributed by atoms with van der Waals surface area (Å²) in [5.41, 5.74) is 2.05. The molecule has 0 bridgehead atoms. The molecular formula is C18H16ClN3O2S. The molecule has 128 valence electrons. The summed E-state index contributed by atoms with van der Waals surface area (Å²) in [5.74, 6) is 0.647. The van der Waals surface area contributed by atoms with Crippen LogP contribution in [0.25, 0.3) is 0 Å². The minimum Gasteiger partial charge on any atom is -0.416 e. The average molecular weight is 374 g/mol. The van der Waals surface area contributed by atoms with Crippen LogP contribution in [0.3, 0.4) is 0 Å². The molecule has 0 aliphatic heterocycles. The number of benzene rings is 2. The lowest BCUT2D eigenvalue weighted by Crippen LogP contribution is -2.24. The Morgan fingerprint density at radius 2 is 1.88 bits per heavy atom. The molecule has 0 aliphatic carbocycles. The van der Waals surface area contributed by atoms with Crippen LogP contribution >= 0.6 is 23.4 Å². The summed E-state index contributed by atoms with van der Waals surface area (Å²) in [7, 11) is 0. The number of hydrogen-bond donors (Lipinski definition) is 1. The molecule has 2 aromatic carbocycles. The number of rotatable bonds is 7. The molecule has 0 unspecified atom stereocenters. The fourth-order valence-corrected chi connectivity index (χ4v) is 2.99. The van der Waals surface area contributed by atoms with E-state index in [-0.39, 0.29) is 11.7 Å². The molecule has 0 spiro atoms. The van der Waals surface area contributed by atoms with E-state index in [2.05, 4.69) is 15.5 Å². The van der Waals surface area contributed by atoms with Gasteiger partial charge in [-0.3, -0.25) is 4.79 Å². The molecule has 0 saturated heterocycles. The summed E-state index contributed by atoms with van der Waals surface area (Å²) in [5, 5.41) is 11.8. The first-order valence-corrected chi connectivity index (χ1v) is 9.05. The Kier molecular flexibility index (Phi) is 6.09. The number of carbonyl (C=O) groups is 1. The van der Waals surface area contributed by atoms with E-state index in [4.69, 9.17) is 16.0 Å². The van der Waals surface area contributed by atoms with Gasteiger partial charge >= 0.3 is 0 Å². The second-order valence-electron chi connectivity index (χ2n) is 5.32. The first-order chi connectivity index (χ1) is 12.2. The molecule has 0 atom stereocenters. The number of amides is 1. The van der Waals surface area contributed by atoms with E-state index >= 15 is 0 Å². The third-order valence-corrected chi connectivity index (χ3v) is 4.41. The monoisotopic (exact) mass is 373 g/mol. The molecule has 0 fully saturated rings. The summed E-state index contributed by atoms with van der Waals surface area (Å²) in [6, 6.07) is 17.3. The van der Waals surface area contributed by atoms with Gasteiger partial charge in [0.1, 0.15) is 0 Å². The van der Waals surface area contributed by atoms with Crippen LogP contribution in [-0.4, -0.2) is 21.9 Å². The standard InChI is InChI=1S/C18H16ClN3O2S/c19-15-8-4-7-14(9-15)11-20-16(23)12-25-18-22-21-17(24-18)10-13-5-2-1-3-6-13/h1-9H,10-12H2,(H,20,23). The van der Waals surface area contributed by atoms with Crippen LogP contribution < -0.4 is 5.32 Å². The number of carbonyl (C=O) groups excluding carboxylic acids is 1. The minimum atomic E-state index is -0.104. The molecule has 1 aromatic heterocycles. The van der Waals surface area contributed by atoms with Gasteiger partial charge in [0.05, 0.1) is 12.2 Å². The molecule has 3 aromatic rings. The highest BCUT2D eigenvalue weighted by atomic mass is 35.5. The van der Waals surface area contributed by atoms with Gasteiger partial charge in [-0.1, -0.05) is 65.8 Å². The molecule has 25 heavy (non-hydrogen) atoms. The van der Waals surface area contributed by atoms with Gasteiger partial charge in [0.2, 0.25) is 11.8 Å². The molecule has 3 rings (SSSR count). The molecule has 0 saturated carbocycles. The highest BCUT2D eigenvalue weighted by Crippen LogP contribution is 2.17. The smallest absolute Gasteiger partial charge is 0.277 e. The van der Waals surface area contributed by atoms with E-state index < -0.39 is 0 Å². The van der Waals surface area contributed by atoms with Crippen LogP contribution in [0, 0.1) is 0 Å². The number of nitrogens with zero attached hydrogens (tertiary/aromatic N) is 2. The van der Waals surface area contributed by atoms with Crippen molar-refractivity contribution in [2.75, 3.05) is 5.75 Å². The van der Waals surface area contributed by atoms with Gasteiger partial charge in [0.25, 0.3) is 5.22 Å². The fraction of sp³-hybridized carbons (Fsp3) is 0.167. The maximum Gasteiger partial charge on any atom is 0.277 e. The first-order valence-electron chi connectivity index (χ1n) is 7.69. The largest absolute Gasteiger partial charge is 0.416 e. The zero-order valence-corrected chi connectivity index (χ0v) is 14.9. The Hall–Kier alpha value is -2.31. The Labute approximate surface area is 154 Å². The normalized spacial score (nSPS) is 10.6. The zero-order chi connectivity index (χ0) is 17.5. The second-order valence-corrected chi connectivity index (χ2v) is 6.68. The van der Waals surface area contributed by atoms with Gasteiger partial charge in [-0.2, -0.15) is 0 Å². The molecule has 7 heteroatoms. The van der Waals surface area contributed by atoms with E-state index in [0.29, 0.717) is 29.1 Å². The van der Waals surface area contributed by atoms with Gasteiger partial charge in [-0.25, -0.2) is 0 Å².